The van der Waals surface area contributed by atoms with E-state index in [1.165, 1.54) is 22.3 Å². The Morgan fingerprint density at radius 1 is 1.16 bits per heavy atom. The first kappa shape index (κ1) is 13.9. The van der Waals surface area contributed by atoms with Gasteiger partial charge in [-0.05, 0) is 37.5 Å². The van der Waals surface area contributed by atoms with Crippen molar-refractivity contribution in [3.63, 3.8) is 0 Å². The third-order valence-electron chi connectivity index (χ3n) is 3.45. The molecule has 2 heteroatoms. The number of hydrogen-bond donors (Lipinski definition) is 1. The molecule has 0 saturated heterocycles. The first-order chi connectivity index (χ1) is 9.08. The van der Waals surface area contributed by atoms with Gasteiger partial charge in [0.05, 0.1) is 0 Å². The quantitative estimate of drug-likeness (QED) is 0.862. The molecule has 1 aromatic carbocycles. The van der Waals surface area contributed by atoms with Crippen LogP contribution in [0.4, 0.5) is 0 Å². The van der Waals surface area contributed by atoms with E-state index < -0.39 is 0 Å². The highest BCUT2D eigenvalue weighted by Gasteiger charge is 2.06. The molecule has 2 N–H and O–H groups in total. The van der Waals surface area contributed by atoms with Crippen molar-refractivity contribution >= 4 is 0 Å². The lowest BCUT2D eigenvalue weighted by Gasteiger charge is -2.08. The minimum atomic E-state index is 0.172. The summed E-state index contributed by atoms with van der Waals surface area (Å²) in [7, 11) is 0. The number of benzene rings is 1. The second kappa shape index (κ2) is 6.07. The molecule has 1 unspecified atom stereocenters. The predicted octanol–water partition coefficient (Wildman–Crippen LogP) is 3.95. The van der Waals surface area contributed by atoms with Crippen LogP contribution >= 0.6 is 0 Å². The summed E-state index contributed by atoms with van der Waals surface area (Å²) >= 11 is 0. The van der Waals surface area contributed by atoms with Gasteiger partial charge >= 0.3 is 0 Å². The van der Waals surface area contributed by atoms with E-state index in [0.717, 1.165) is 19.4 Å². The Hall–Kier alpha value is -1.54. The lowest BCUT2D eigenvalue weighted by Crippen LogP contribution is -2.08. The zero-order valence-corrected chi connectivity index (χ0v) is 12.2. The van der Waals surface area contributed by atoms with E-state index in [2.05, 4.69) is 62.0 Å². The lowest BCUT2D eigenvalue weighted by molar-refractivity contribution is 0.636. The molecule has 19 heavy (non-hydrogen) atoms. The summed E-state index contributed by atoms with van der Waals surface area (Å²) in [6.07, 6.45) is 6.48. The maximum atomic E-state index is 6.15. The molecule has 2 rings (SSSR count). The van der Waals surface area contributed by atoms with Gasteiger partial charge in [0.15, 0.2) is 0 Å². The largest absolute Gasteiger partial charge is 0.350 e. The van der Waals surface area contributed by atoms with Crippen LogP contribution in [0.15, 0.2) is 36.7 Å². The zero-order valence-electron chi connectivity index (χ0n) is 12.2. The van der Waals surface area contributed by atoms with E-state index in [9.17, 15) is 0 Å². The van der Waals surface area contributed by atoms with Crippen LogP contribution in [-0.4, -0.2) is 4.57 Å². The van der Waals surface area contributed by atoms with Gasteiger partial charge in [-0.3, -0.25) is 0 Å². The van der Waals surface area contributed by atoms with Gasteiger partial charge in [-0.25, -0.2) is 0 Å². The van der Waals surface area contributed by atoms with Crippen molar-refractivity contribution in [1.29, 1.82) is 0 Å². The second-order valence-electron chi connectivity index (χ2n) is 5.51. The highest BCUT2D eigenvalue weighted by molar-refractivity contribution is 5.29. The highest BCUT2D eigenvalue weighted by atomic mass is 14.9. The number of nitrogens with zero attached hydrogens (tertiary/aromatic N) is 1. The molecule has 0 spiro atoms. The van der Waals surface area contributed by atoms with Crippen LogP contribution in [0.5, 0.6) is 0 Å². The Labute approximate surface area is 116 Å². The van der Waals surface area contributed by atoms with E-state index in [1.54, 1.807) is 0 Å². The van der Waals surface area contributed by atoms with Crippen molar-refractivity contribution in [1.82, 2.24) is 4.57 Å². The highest BCUT2D eigenvalue weighted by Crippen LogP contribution is 2.17. The summed E-state index contributed by atoms with van der Waals surface area (Å²) in [6.45, 7) is 7.39. The van der Waals surface area contributed by atoms with Gasteiger partial charge in [-0.15, -0.1) is 0 Å². The second-order valence-corrected chi connectivity index (χ2v) is 5.51. The van der Waals surface area contributed by atoms with Gasteiger partial charge < -0.3 is 10.3 Å². The van der Waals surface area contributed by atoms with Crippen molar-refractivity contribution in [3.8, 4) is 0 Å². The third kappa shape index (κ3) is 3.71. The normalized spacial score (nSPS) is 12.6. The average Bonchev–Trinajstić information content (AvgIpc) is 2.76. The monoisotopic (exact) mass is 256 g/mol. The summed E-state index contributed by atoms with van der Waals surface area (Å²) in [5.41, 5.74) is 11.4. The third-order valence-corrected chi connectivity index (χ3v) is 3.45. The fourth-order valence-corrected chi connectivity index (χ4v) is 2.63. The Kier molecular flexibility index (Phi) is 4.43. The van der Waals surface area contributed by atoms with Crippen molar-refractivity contribution < 1.29 is 0 Å². The van der Waals surface area contributed by atoms with E-state index in [1.807, 2.05) is 0 Å². The molecule has 1 heterocycles. The van der Waals surface area contributed by atoms with Crippen LogP contribution in [0.25, 0.3) is 0 Å². The molecular weight excluding hydrogens is 232 g/mol. The molecule has 0 radical (unpaired) electrons. The first-order valence-corrected chi connectivity index (χ1v) is 7.07. The number of aromatic nitrogens is 1. The average molecular weight is 256 g/mol. The molecule has 0 aliphatic carbocycles. The molecular formula is C17H24N2. The van der Waals surface area contributed by atoms with E-state index in [-0.39, 0.29) is 6.04 Å². The summed E-state index contributed by atoms with van der Waals surface area (Å²) in [6, 6.07) is 9.02. The molecule has 2 aromatic rings. The van der Waals surface area contributed by atoms with Gasteiger partial charge in [0.25, 0.3) is 0 Å². The fourth-order valence-electron chi connectivity index (χ4n) is 2.63. The van der Waals surface area contributed by atoms with Gasteiger partial charge in [0.2, 0.25) is 0 Å². The van der Waals surface area contributed by atoms with Crippen LogP contribution in [-0.2, 0) is 6.54 Å². The lowest BCUT2D eigenvalue weighted by atomic mass is 10.1. The molecule has 0 saturated carbocycles. The van der Waals surface area contributed by atoms with Crippen LogP contribution in [0.1, 0.15) is 48.1 Å². The summed E-state index contributed by atoms with van der Waals surface area (Å²) < 4.78 is 2.22. The van der Waals surface area contributed by atoms with Gasteiger partial charge in [0, 0.05) is 25.0 Å². The number of rotatable bonds is 5. The van der Waals surface area contributed by atoms with Crippen molar-refractivity contribution in [2.24, 2.45) is 5.73 Å². The zero-order chi connectivity index (χ0) is 13.8. The fraction of sp³-hybridized carbons (Fsp3) is 0.412. The Balaban J connectivity index is 2.11. The Morgan fingerprint density at radius 3 is 2.47 bits per heavy atom. The van der Waals surface area contributed by atoms with Crippen molar-refractivity contribution in [2.75, 3.05) is 0 Å². The van der Waals surface area contributed by atoms with E-state index >= 15 is 0 Å². The van der Waals surface area contributed by atoms with Gasteiger partial charge in [-0.1, -0.05) is 42.7 Å². The van der Waals surface area contributed by atoms with Crippen molar-refractivity contribution in [3.05, 3.63) is 58.9 Å². The summed E-state index contributed by atoms with van der Waals surface area (Å²) in [5, 5.41) is 0. The van der Waals surface area contributed by atoms with Crippen molar-refractivity contribution in [2.45, 2.75) is 46.2 Å². The number of hydrogen-bond acceptors (Lipinski definition) is 1. The predicted molar refractivity (Wildman–Crippen MR) is 81.3 cm³/mol. The van der Waals surface area contributed by atoms with E-state index in [0.29, 0.717) is 0 Å². The van der Waals surface area contributed by atoms with Gasteiger partial charge in [-0.2, -0.15) is 0 Å². The molecule has 1 atom stereocenters. The molecule has 0 aliphatic rings. The van der Waals surface area contributed by atoms with Gasteiger partial charge in [0.1, 0.15) is 0 Å². The smallest absolute Gasteiger partial charge is 0.0470 e. The number of nitrogens with two attached hydrogens (primary N) is 1. The standard InChI is InChI=1S/C17H24N2/c1-4-5-17(18)16-6-7-19(12-16)11-15-9-13(2)8-14(3)10-15/h6-10,12,17H,4-5,11,18H2,1-3H3. The topological polar surface area (TPSA) is 30.9 Å². The molecule has 0 bridgehead atoms. The Morgan fingerprint density at radius 2 is 1.84 bits per heavy atom. The molecule has 2 nitrogen and oxygen atoms in total. The maximum absolute atomic E-state index is 6.15. The summed E-state index contributed by atoms with van der Waals surface area (Å²) in [4.78, 5) is 0. The minimum Gasteiger partial charge on any atom is -0.350 e. The summed E-state index contributed by atoms with van der Waals surface area (Å²) in [5.74, 6) is 0. The Bertz CT molecular complexity index is 520. The maximum Gasteiger partial charge on any atom is 0.0470 e. The molecule has 0 amide bonds. The SMILES string of the molecule is CCCC(N)c1ccn(Cc2cc(C)cc(C)c2)c1. The van der Waals surface area contributed by atoms with Crippen LogP contribution in [0.3, 0.4) is 0 Å². The molecule has 1 aromatic heterocycles. The van der Waals surface area contributed by atoms with Crippen LogP contribution in [0.2, 0.25) is 0 Å². The van der Waals surface area contributed by atoms with Crippen LogP contribution < -0.4 is 5.73 Å². The first-order valence-electron chi connectivity index (χ1n) is 7.07. The van der Waals surface area contributed by atoms with Crippen LogP contribution in [0, 0.1) is 13.8 Å². The van der Waals surface area contributed by atoms with E-state index in [4.69, 9.17) is 5.73 Å². The molecule has 102 valence electrons. The molecule has 0 aliphatic heterocycles. The minimum absolute atomic E-state index is 0.172. The number of aryl methyl sites for hydroxylation is 2. The molecule has 0 fully saturated rings.